The van der Waals surface area contributed by atoms with Crippen LogP contribution in [-0.2, 0) is 17.6 Å². The van der Waals surface area contributed by atoms with Gasteiger partial charge in [-0.2, -0.15) is 0 Å². The quantitative estimate of drug-likeness (QED) is 0.281. The molecule has 0 spiro atoms. The van der Waals surface area contributed by atoms with E-state index in [0.717, 1.165) is 41.0 Å². The number of carboxylic acids is 1. The van der Waals surface area contributed by atoms with Gasteiger partial charge in [0, 0.05) is 48.2 Å². The minimum Gasteiger partial charge on any atom is -0.481 e. The lowest BCUT2D eigenvalue weighted by molar-refractivity contribution is -0.136. The highest BCUT2D eigenvalue weighted by Gasteiger charge is 2.13. The predicted octanol–water partition coefficient (Wildman–Crippen LogP) is 5.67. The average Bonchev–Trinajstić information content (AvgIpc) is 2.89. The van der Waals surface area contributed by atoms with Crippen LogP contribution in [0.4, 0.5) is 11.4 Å². The molecule has 0 aliphatic carbocycles. The van der Waals surface area contributed by atoms with Crippen molar-refractivity contribution in [2.24, 2.45) is 0 Å². The summed E-state index contributed by atoms with van der Waals surface area (Å²) in [5.41, 5.74) is 5.98. The van der Waals surface area contributed by atoms with Crippen LogP contribution in [0, 0.1) is 0 Å². The average molecular weight is 466 g/mol. The second-order valence-corrected chi connectivity index (χ2v) is 8.17. The lowest BCUT2D eigenvalue weighted by Gasteiger charge is -2.12. The summed E-state index contributed by atoms with van der Waals surface area (Å²) in [5, 5.41) is 15.2. The summed E-state index contributed by atoms with van der Waals surface area (Å²) in [6.07, 6.45) is 3.20. The molecule has 0 aliphatic heterocycles. The van der Waals surface area contributed by atoms with E-state index in [4.69, 9.17) is 5.11 Å². The zero-order valence-electron chi connectivity index (χ0n) is 19.3. The van der Waals surface area contributed by atoms with Gasteiger partial charge >= 0.3 is 5.97 Å². The number of carbonyl (C=O) groups excluding carboxylic acids is 1. The summed E-state index contributed by atoms with van der Waals surface area (Å²) in [5.74, 6) is -1.00. The Morgan fingerprint density at radius 2 is 1.49 bits per heavy atom. The van der Waals surface area contributed by atoms with Gasteiger partial charge in [0.25, 0.3) is 5.91 Å². The first-order chi connectivity index (χ1) is 17.1. The van der Waals surface area contributed by atoms with Crippen molar-refractivity contribution in [1.29, 1.82) is 0 Å². The summed E-state index contributed by atoms with van der Waals surface area (Å²) in [6.45, 7) is 0.769. The van der Waals surface area contributed by atoms with Gasteiger partial charge < -0.3 is 15.7 Å². The number of carbonyl (C=O) groups is 2. The van der Waals surface area contributed by atoms with Crippen molar-refractivity contribution in [2.75, 3.05) is 17.2 Å². The summed E-state index contributed by atoms with van der Waals surface area (Å²) in [7, 11) is 0. The molecule has 0 bridgehead atoms. The van der Waals surface area contributed by atoms with Crippen molar-refractivity contribution < 1.29 is 14.7 Å². The number of aromatic nitrogens is 1. The Labute approximate surface area is 204 Å². The minimum atomic E-state index is -0.815. The first kappa shape index (κ1) is 23.7. The largest absolute Gasteiger partial charge is 0.481 e. The molecule has 3 aromatic carbocycles. The molecule has 0 saturated carbocycles. The van der Waals surface area contributed by atoms with Crippen molar-refractivity contribution in [3.63, 3.8) is 0 Å². The fourth-order valence-electron chi connectivity index (χ4n) is 3.79. The lowest BCUT2D eigenvalue weighted by Crippen LogP contribution is -2.13. The molecule has 6 heteroatoms. The van der Waals surface area contributed by atoms with Gasteiger partial charge in [-0.05, 0) is 65.6 Å². The maximum absolute atomic E-state index is 13.1. The highest BCUT2D eigenvalue weighted by atomic mass is 16.4. The first-order valence-corrected chi connectivity index (χ1v) is 11.5. The molecule has 35 heavy (non-hydrogen) atoms. The van der Waals surface area contributed by atoms with Gasteiger partial charge in [-0.3, -0.25) is 14.6 Å². The molecule has 0 radical (unpaired) electrons. The Balaban J connectivity index is 1.38. The molecule has 4 rings (SSSR count). The van der Waals surface area contributed by atoms with E-state index in [1.165, 1.54) is 0 Å². The number of amides is 1. The van der Waals surface area contributed by atoms with Crippen LogP contribution >= 0.6 is 0 Å². The predicted molar refractivity (Wildman–Crippen MR) is 139 cm³/mol. The van der Waals surface area contributed by atoms with Gasteiger partial charge in [0.1, 0.15) is 0 Å². The van der Waals surface area contributed by atoms with Crippen molar-refractivity contribution in [3.05, 3.63) is 114 Å². The molecule has 0 aliphatic rings. The maximum atomic E-state index is 13.1. The van der Waals surface area contributed by atoms with Crippen LogP contribution in [0.25, 0.3) is 11.1 Å². The monoisotopic (exact) mass is 465 g/mol. The normalized spacial score (nSPS) is 10.5. The van der Waals surface area contributed by atoms with Crippen LogP contribution in [0.2, 0.25) is 0 Å². The molecule has 0 fully saturated rings. The fourth-order valence-corrected chi connectivity index (χ4v) is 3.79. The van der Waals surface area contributed by atoms with Gasteiger partial charge in [0.15, 0.2) is 0 Å². The van der Waals surface area contributed by atoms with E-state index >= 15 is 0 Å². The van der Waals surface area contributed by atoms with Crippen molar-refractivity contribution >= 4 is 23.3 Å². The summed E-state index contributed by atoms with van der Waals surface area (Å²) in [4.78, 5) is 28.2. The number of pyridine rings is 1. The molecule has 6 nitrogen and oxygen atoms in total. The number of aliphatic carboxylic acids is 1. The first-order valence-electron chi connectivity index (χ1n) is 11.5. The van der Waals surface area contributed by atoms with Crippen LogP contribution in [0.15, 0.2) is 97.2 Å². The third-order valence-electron chi connectivity index (χ3n) is 5.64. The zero-order valence-corrected chi connectivity index (χ0v) is 19.3. The number of aryl methyl sites for hydroxylation is 1. The summed E-state index contributed by atoms with van der Waals surface area (Å²) >= 11 is 0. The third-order valence-corrected chi connectivity index (χ3v) is 5.64. The highest BCUT2D eigenvalue weighted by Crippen LogP contribution is 2.25. The van der Waals surface area contributed by atoms with Crippen LogP contribution in [0.5, 0.6) is 0 Å². The Bertz CT molecular complexity index is 1270. The number of rotatable bonds is 10. The van der Waals surface area contributed by atoms with Gasteiger partial charge in [-0.1, -0.05) is 48.5 Å². The molecule has 0 saturated heterocycles. The standard InChI is InChI=1S/C29H27N3O3/c33-28(34)17-10-21-8-11-22(12-9-21)26-6-1-2-7-27(26)29(35)32-25-15-13-24(14-16-25)31-20-18-23-5-3-4-19-30-23/h1-9,11-16,19,31H,10,17-18,20H2,(H,32,35)(H,33,34). The Kier molecular flexibility index (Phi) is 7.86. The second-order valence-electron chi connectivity index (χ2n) is 8.17. The second kappa shape index (κ2) is 11.6. The van der Waals surface area contributed by atoms with Crippen molar-refractivity contribution in [1.82, 2.24) is 4.98 Å². The molecule has 1 aromatic heterocycles. The van der Waals surface area contributed by atoms with Gasteiger partial charge in [-0.15, -0.1) is 0 Å². The van der Waals surface area contributed by atoms with Gasteiger partial charge in [0.05, 0.1) is 0 Å². The van der Waals surface area contributed by atoms with Crippen LogP contribution in [0.3, 0.4) is 0 Å². The lowest BCUT2D eigenvalue weighted by atomic mass is 9.97. The molecule has 1 heterocycles. The topological polar surface area (TPSA) is 91.3 Å². The molecular weight excluding hydrogens is 438 g/mol. The van der Waals surface area contributed by atoms with Crippen LogP contribution < -0.4 is 10.6 Å². The van der Waals surface area contributed by atoms with Crippen LogP contribution in [-0.4, -0.2) is 28.5 Å². The SMILES string of the molecule is O=C(O)CCc1ccc(-c2ccccc2C(=O)Nc2ccc(NCCc3ccccn3)cc2)cc1. The highest BCUT2D eigenvalue weighted by molar-refractivity contribution is 6.08. The molecular formula is C29H27N3O3. The smallest absolute Gasteiger partial charge is 0.303 e. The molecule has 4 aromatic rings. The molecule has 0 unspecified atom stereocenters. The van der Waals surface area contributed by atoms with E-state index < -0.39 is 5.97 Å². The zero-order chi connectivity index (χ0) is 24.5. The number of nitrogens with zero attached hydrogens (tertiary/aromatic N) is 1. The van der Waals surface area contributed by atoms with E-state index in [1.54, 1.807) is 12.3 Å². The number of carboxylic acid groups (broad SMARTS) is 1. The van der Waals surface area contributed by atoms with E-state index in [1.807, 2.05) is 84.9 Å². The number of hydrogen-bond donors (Lipinski definition) is 3. The Morgan fingerprint density at radius 3 is 2.20 bits per heavy atom. The maximum Gasteiger partial charge on any atom is 0.303 e. The van der Waals surface area contributed by atoms with E-state index in [2.05, 4.69) is 15.6 Å². The number of hydrogen-bond acceptors (Lipinski definition) is 4. The van der Waals surface area contributed by atoms with Crippen molar-refractivity contribution in [2.45, 2.75) is 19.3 Å². The van der Waals surface area contributed by atoms with Crippen molar-refractivity contribution in [3.8, 4) is 11.1 Å². The molecule has 1 amide bonds. The summed E-state index contributed by atoms with van der Waals surface area (Å²) in [6, 6.07) is 28.6. The number of nitrogens with one attached hydrogen (secondary N) is 2. The molecule has 3 N–H and O–H groups in total. The summed E-state index contributed by atoms with van der Waals surface area (Å²) < 4.78 is 0. The third kappa shape index (κ3) is 6.77. The van der Waals surface area contributed by atoms with E-state index in [9.17, 15) is 9.59 Å². The minimum absolute atomic E-state index is 0.0941. The molecule has 176 valence electrons. The van der Waals surface area contributed by atoms with E-state index in [0.29, 0.717) is 17.7 Å². The van der Waals surface area contributed by atoms with Gasteiger partial charge in [0.2, 0.25) is 0 Å². The Hall–Kier alpha value is -4.45. The Morgan fingerprint density at radius 1 is 0.771 bits per heavy atom. The van der Waals surface area contributed by atoms with Gasteiger partial charge in [-0.25, -0.2) is 0 Å². The molecule has 0 atom stereocenters. The fraction of sp³-hybridized carbons (Fsp3) is 0.138. The van der Waals surface area contributed by atoms with Crippen LogP contribution in [0.1, 0.15) is 28.0 Å². The number of benzene rings is 3. The van der Waals surface area contributed by atoms with E-state index in [-0.39, 0.29) is 12.3 Å². The number of anilines is 2.